The highest BCUT2D eigenvalue weighted by molar-refractivity contribution is 7.12. The quantitative estimate of drug-likeness (QED) is 0.885. The van der Waals surface area contributed by atoms with Crippen LogP contribution in [0.4, 0.5) is 5.69 Å². The number of rotatable bonds is 3. The lowest BCUT2D eigenvalue weighted by Gasteiger charge is -2.34. The van der Waals surface area contributed by atoms with Gasteiger partial charge < -0.3 is 10.6 Å². The third kappa shape index (κ3) is 3.43. The number of hydrogen-bond acceptors (Lipinski definition) is 4. The Balaban J connectivity index is 1.53. The van der Waals surface area contributed by atoms with Gasteiger partial charge >= 0.3 is 0 Å². The monoisotopic (exact) mass is 301 g/mol. The lowest BCUT2D eigenvalue weighted by atomic mass is 10.2. The average Bonchev–Trinajstić information content (AvgIpc) is 3.04. The number of hydrogen-bond donors (Lipinski definition) is 1. The predicted molar refractivity (Wildman–Crippen MR) is 86.4 cm³/mol. The van der Waals surface area contributed by atoms with Crippen LogP contribution in [-0.4, -0.2) is 41.9 Å². The van der Waals surface area contributed by atoms with Gasteiger partial charge in [0.1, 0.15) is 0 Å². The fourth-order valence-corrected chi connectivity index (χ4v) is 3.24. The Morgan fingerprint density at radius 1 is 1.10 bits per heavy atom. The van der Waals surface area contributed by atoms with Crippen molar-refractivity contribution in [2.24, 2.45) is 0 Å². The third-order valence-corrected chi connectivity index (χ3v) is 4.64. The lowest BCUT2D eigenvalue weighted by Crippen LogP contribution is -2.48. The molecule has 1 amide bonds. The van der Waals surface area contributed by atoms with Gasteiger partial charge in [0.15, 0.2) is 0 Å². The molecule has 1 saturated heterocycles. The zero-order valence-corrected chi connectivity index (χ0v) is 12.7. The van der Waals surface area contributed by atoms with Crippen molar-refractivity contribution in [3.8, 4) is 0 Å². The molecule has 1 fully saturated rings. The molecule has 5 heteroatoms. The maximum atomic E-state index is 12.3. The average molecular weight is 301 g/mol. The molecule has 0 atom stereocenters. The first-order chi connectivity index (χ1) is 10.2. The number of carbonyl (C=O) groups excluding carboxylic acids is 1. The lowest BCUT2D eigenvalue weighted by molar-refractivity contribution is 0.0633. The summed E-state index contributed by atoms with van der Waals surface area (Å²) in [6, 6.07) is 11.8. The van der Waals surface area contributed by atoms with Gasteiger partial charge in [-0.3, -0.25) is 9.69 Å². The van der Waals surface area contributed by atoms with Crippen LogP contribution in [-0.2, 0) is 6.54 Å². The largest absolute Gasteiger partial charge is 0.399 e. The molecule has 1 aliphatic heterocycles. The number of piperazine rings is 1. The molecular formula is C16H19N3OS. The number of carbonyl (C=O) groups is 1. The van der Waals surface area contributed by atoms with Crippen molar-refractivity contribution in [2.75, 3.05) is 31.9 Å². The van der Waals surface area contributed by atoms with E-state index < -0.39 is 0 Å². The minimum atomic E-state index is 0.164. The summed E-state index contributed by atoms with van der Waals surface area (Å²) in [5.74, 6) is 0.164. The molecule has 110 valence electrons. The molecule has 2 aromatic rings. The maximum Gasteiger partial charge on any atom is 0.264 e. The minimum absolute atomic E-state index is 0.164. The first-order valence-electron chi connectivity index (χ1n) is 7.12. The summed E-state index contributed by atoms with van der Waals surface area (Å²) in [7, 11) is 0. The van der Waals surface area contributed by atoms with Crippen molar-refractivity contribution in [3.63, 3.8) is 0 Å². The van der Waals surface area contributed by atoms with Gasteiger partial charge in [0.2, 0.25) is 0 Å². The normalized spacial score (nSPS) is 16.1. The van der Waals surface area contributed by atoms with E-state index >= 15 is 0 Å². The molecular weight excluding hydrogens is 282 g/mol. The molecule has 0 unspecified atom stereocenters. The molecule has 1 aromatic heterocycles. The van der Waals surface area contributed by atoms with E-state index in [0.717, 1.165) is 43.3 Å². The molecule has 2 N–H and O–H groups in total. The van der Waals surface area contributed by atoms with E-state index in [1.54, 1.807) is 0 Å². The van der Waals surface area contributed by atoms with Gasteiger partial charge in [0, 0.05) is 38.4 Å². The van der Waals surface area contributed by atoms with Gasteiger partial charge in [-0.2, -0.15) is 0 Å². The second kappa shape index (κ2) is 6.28. The summed E-state index contributed by atoms with van der Waals surface area (Å²) < 4.78 is 0. The minimum Gasteiger partial charge on any atom is -0.399 e. The summed E-state index contributed by atoms with van der Waals surface area (Å²) in [6.45, 7) is 4.35. The van der Waals surface area contributed by atoms with Gasteiger partial charge in [-0.1, -0.05) is 18.2 Å². The first-order valence-corrected chi connectivity index (χ1v) is 8.00. The fraction of sp³-hybridized carbons (Fsp3) is 0.312. The Kier molecular flexibility index (Phi) is 4.22. The Morgan fingerprint density at radius 3 is 2.43 bits per heavy atom. The SMILES string of the molecule is Nc1ccc(CN2CCN(C(=O)c3cccs3)CC2)cc1. The van der Waals surface area contributed by atoms with Gasteiger partial charge in [0.05, 0.1) is 4.88 Å². The van der Waals surface area contributed by atoms with E-state index in [1.165, 1.54) is 16.9 Å². The zero-order valence-electron chi connectivity index (χ0n) is 11.9. The molecule has 1 aliphatic rings. The Morgan fingerprint density at radius 2 is 1.81 bits per heavy atom. The van der Waals surface area contributed by atoms with Crippen LogP contribution >= 0.6 is 11.3 Å². The van der Waals surface area contributed by atoms with Crippen LogP contribution in [0, 0.1) is 0 Å². The summed E-state index contributed by atoms with van der Waals surface area (Å²) >= 11 is 1.51. The van der Waals surface area contributed by atoms with Crippen LogP contribution in [0.15, 0.2) is 41.8 Å². The summed E-state index contributed by atoms with van der Waals surface area (Å²) in [4.78, 5) is 17.4. The number of nitrogens with two attached hydrogens (primary N) is 1. The highest BCUT2D eigenvalue weighted by Crippen LogP contribution is 2.15. The first kappa shape index (κ1) is 14.1. The molecule has 0 spiro atoms. The van der Waals surface area contributed by atoms with Crippen molar-refractivity contribution < 1.29 is 4.79 Å². The second-order valence-electron chi connectivity index (χ2n) is 5.29. The van der Waals surface area contributed by atoms with Crippen LogP contribution in [0.25, 0.3) is 0 Å². The van der Waals surface area contributed by atoms with Crippen LogP contribution < -0.4 is 5.73 Å². The van der Waals surface area contributed by atoms with E-state index in [9.17, 15) is 4.79 Å². The molecule has 4 nitrogen and oxygen atoms in total. The van der Waals surface area contributed by atoms with Crippen molar-refractivity contribution in [2.45, 2.75) is 6.54 Å². The Hall–Kier alpha value is -1.85. The Bertz CT molecular complexity index is 586. The summed E-state index contributed by atoms with van der Waals surface area (Å²) in [6.07, 6.45) is 0. The Labute approximate surface area is 128 Å². The molecule has 3 rings (SSSR count). The van der Waals surface area contributed by atoms with Gasteiger partial charge in [0.25, 0.3) is 5.91 Å². The molecule has 0 bridgehead atoms. The molecule has 2 heterocycles. The zero-order chi connectivity index (χ0) is 14.7. The van der Waals surface area contributed by atoms with Crippen LogP contribution in [0.1, 0.15) is 15.2 Å². The van der Waals surface area contributed by atoms with Crippen molar-refractivity contribution in [1.82, 2.24) is 9.80 Å². The van der Waals surface area contributed by atoms with E-state index in [-0.39, 0.29) is 5.91 Å². The third-order valence-electron chi connectivity index (χ3n) is 3.78. The standard InChI is InChI=1S/C16H19N3OS/c17-14-5-3-13(4-6-14)12-18-7-9-19(10-8-18)16(20)15-2-1-11-21-15/h1-6,11H,7-10,12,17H2. The van der Waals surface area contributed by atoms with E-state index in [4.69, 9.17) is 5.73 Å². The van der Waals surface area contributed by atoms with E-state index in [2.05, 4.69) is 17.0 Å². The number of anilines is 1. The fourth-order valence-electron chi connectivity index (χ4n) is 2.55. The highest BCUT2D eigenvalue weighted by Gasteiger charge is 2.22. The summed E-state index contributed by atoms with van der Waals surface area (Å²) in [5.41, 5.74) is 7.76. The number of amides is 1. The molecule has 0 saturated carbocycles. The number of nitrogen functional groups attached to an aromatic ring is 1. The van der Waals surface area contributed by atoms with Crippen LogP contribution in [0.2, 0.25) is 0 Å². The summed E-state index contributed by atoms with van der Waals surface area (Å²) in [5, 5.41) is 1.95. The van der Waals surface area contributed by atoms with Gasteiger partial charge in [-0.25, -0.2) is 0 Å². The van der Waals surface area contributed by atoms with Crippen LogP contribution in [0.3, 0.4) is 0 Å². The van der Waals surface area contributed by atoms with E-state index in [0.29, 0.717) is 0 Å². The molecule has 0 radical (unpaired) electrons. The van der Waals surface area contributed by atoms with Crippen LogP contribution in [0.5, 0.6) is 0 Å². The molecule has 0 aliphatic carbocycles. The molecule has 21 heavy (non-hydrogen) atoms. The number of thiophene rings is 1. The van der Waals surface area contributed by atoms with Crippen molar-refractivity contribution in [3.05, 3.63) is 52.2 Å². The second-order valence-corrected chi connectivity index (χ2v) is 6.23. The van der Waals surface area contributed by atoms with Gasteiger partial charge in [-0.15, -0.1) is 11.3 Å². The van der Waals surface area contributed by atoms with Gasteiger partial charge in [-0.05, 0) is 29.1 Å². The van der Waals surface area contributed by atoms with Crippen molar-refractivity contribution >= 4 is 22.9 Å². The topological polar surface area (TPSA) is 49.6 Å². The molecule has 1 aromatic carbocycles. The maximum absolute atomic E-state index is 12.3. The van der Waals surface area contributed by atoms with E-state index in [1.807, 2.05) is 34.5 Å². The number of benzene rings is 1. The predicted octanol–water partition coefficient (Wildman–Crippen LogP) is 2.29. The number of nitrogens with zero attached hydrogens (tertiary/aromatic N) is 2. The smallest absolute Gasteiger partial charge is 0.264 e. The highest BCUT2D eigenvalue weighted by atomic mass is 32.1. The van der Waals surface area contributed by atoms with Crippen molar-refractivity contribution in [1.29, 1.82) is 0 Å².